The van der Waals surface area contributed by atoms with Crippen molar-refractivity contribution in [2.75, 3.05) is 38.5 Å². The van der Waals surface area contributed by atoms with E-state index in [1.807, 2.05) is 0 Å². The second-order valence-electron chi connectivity index (χ2n) is 6.77. The van der Waals surface area contributed by atoms with Gasteiger partial charge < -0.3 is 10.2 Å². The fourth-order valence-electron chi connectivity index (χ4n) is 3.51. The zero-order valence-corrected chi connectivity index (χ0v) is 15.3. The Labute approximate surface area is 140 Å². The second kappa shape index (κ2) is 8.44. The monoisotopic (exact) mass is 345 g/mol. The normalized spacial score (nSPS) is 25.4. The molecule has 2 saturated heterocycles. The van der Waals surface area contributed by atoms with Crippen LogP contribution in [-0.4, -0.2) is 68.0 Å². The van der Waals surface area contributed by atoms with E-state index in [0.29, 0.717) is 25.7 Å². The van der Waals surface area contributed by atoms with E-state index >= 15 is 0 Å². The molecule has 2 atom stereocenters. The van der Waals surface area contributed by atoms with Gasteiger partial charge in [0.1, 0.15) is 0 Å². The molecule has 0 spiro atoms. The van der Waals surface area contributed by atoms with Crippen molar-refractivity contribution in [3.63, 3.8) is 0 Å². The first-order chi connectivity index (χ1) is 10.9. The Kier molecular flexibility index (Phi) is 6.85. The summed E-state index contributed by atoms with van der Waals surface area (Å²) in [5, 5.41) is 3.01. The molecule has 2 unspecified atom stereocenters. The van der Waals surface area contributed by atoms with Crippen LogP contribution in [0.4, 0.5) is 0 Å². The quantitative estimate of drug-likeness (QED) is 0.748. The van der Waals surface area contributed by atoms with Crippen molar-refractivity contribution >= 4 is 15.9 Å². The SMILES string of the molecule is CCS(=O)(=O)N1CCCC(C(=O)NCCC(C)N2CCCC2)C1. The maximum absolute atomic E-state index is 12.3. The first-order valence-corrected chi connectivity index (χ1v) is 10.5. The second-order valence-corrected chi connectivity index (χ2v) is 9.03. The molecule has 0 aromatic carbocycles. The van der Waals surface area contributed by atoms with E-state index in [9.17, 15) is 13.2 Å². The summed E-state index contributed by atoms with van der Waals surface area (Å²) in [5.41, 5.74) is 0. The predicted octanol–water partition coefficient (Wildman–Crippen LogP) is 1.04. The van der Waals surface area contributed by atoms with Crippen molar-refractivity contribution in [1.82, 2.24) is 14.5 Å². The lowest BCUT2D eigenvalue weighted by atomic mass is 9.99. The topological polar surface area (TPSA) is 69.7 Å². The summed E-state index contributed by atoms with van der Waals surface area (Å²) < 4.78 is 25.4. The highest BCUT2D eigenvalue weighted by Gasteiger charge is 2.31. The van der Waals surface area contributed by atoms with E-state index in [-0.39, 0.29) is 17.6 Å². The van der Waals surface area contributed by atoms with E-state index in [1.165, 1.54) is 30.2 Å². The van der Waals surface area contributed by atoms with Gasteiger partial charge >= 0.3 is 0 Å². The number of carbonyl (C=O) groups excluding carboxylic acids is 1. The number of carbonyl (C=O) groups is 1. The molecule has 6 nitrogen and oxygen atoms in total. The lowest BCUT2D eigenvalue weighted by Gasteiger charge is -2.31. The summed E-state index contributed by atoms with van der Waals surface area (Å²) >= 11 is 0. The smallest absolute Gasteiger partial charge is 0.224 e. The van der Waals surface area contributed by atoms with Crippen molar-refractivity contribution in [3.8, 4) is 0 Å². The molecule has 7 heteroatoms. The minimum absolute atomic E-state index is 0.00891. The molecule has 0 bridgehead atoms. The van der Waals surface area contributed by atoms with Crippen molar-refractivity contribution in [3.05, 3.63) is 0 Å². The highest BCUT2D eigenvalue weighted by Crippen LogP contribution is 2.20. The van der Waals surface area contributed by atoms with Gasteiger partial charge in [-0.1, -0.05) is 0 Å². The maximum atomic E-state index is 12.3. The number of likely N-dealkylation sites (tertiary alicyclic amines) is 1. The van der Waals surface area contributed by atoms with Crippen LogP contribution >= 0.6 is 0 Å². The third-order valence-corrected chi connectivity index (χ3v) is 6.99. The summed E-state index contributed by atoms with van der Waals surface area (Å²) in [6.45, 7) is 7.76. The van der Waals surface area contributed by atoms with Crippen LogP contribution in [-0.2, 0) is 14.8 Å². The van der Waals surface area contributed by atoms with Crippen LogP contribution in [0.25, 0.3) is 0 Å². The highest BCUT2D eigenvalue weighted by molar-refractivity contribution is 7.89. The van der Waals surface area contributed by atoms with Gasteiger partial charge in [-0.15, -0.1) is 0 Å². The maximum Gasteiger partial charge on any atom is 0.224 e. The average Bonchev–Trinajstić information content (AvgIpc) is 3.09. The Hall–Kier alpha value is -0.660. The number of hydrogen-bond donors (Lipinski definition) is 1. The van der Waals surface area contributed by atoms with Gasteiger partial charge in [-0.05, 0) is 59.0 Å². The summed E-state index contributed by atoms with van der Waals surface area (Å²) in [7, 11) is -3.19. The average molecular weight is 346 g/mol. The van der Waals surface area contributed by atoms with Gasteiger partial charge in [-0.25, -0.2) is 12.7 Å². The first kappa shape index (κ1) is 18.7. The minimum atomic E-state index is -3.19. The molecule has 23 heavy (non-hydrogen) atoms. The fourth-order valence-corrected chi connectivity index (χ4v) is 4.68. The van der Waals surface area contributed by atoms with Crippen molar-refractivity contribution < 1.29 is 13.2 Å². The largest absolute Gasteiger partial charge is 0.356 e. The van der Waals surface area contributed by atoms with Crippen molar-refractivity contribution in [1.29, 1.82) is 0 Å². The molecule has 2 aliphatic rings. The van der Waals surface area contributed by atoms with Crippen LogP contribution in [0, 0.1) is 5.92 Å². The molecule has 0 saturated carbocycles. The molecule has 2 heterocycles. The number of nitrogens with zero attached hydrogens (tertiary/aromatic N) is 2. The Balaban J connectivity index is 1.74. The third-order valence-electron chi connectivity index (χ3n) is 5.14. The van der Waals surface area contributed by atoms with Gasteiger partial charge in [0.25, 0.3) is 0 Å². The fraction of sp³-hybridized carbons (Fsp3) is 0.938. The zero-order valence-electron chi connectivity index (χ0n) is 14.5. The van der Waals surface area contributed by atoms with Crippen molar-refractivity contribution in [2.24, 2.45) is 5.92 Å². The van der Waals surface area contributed by atoms with Crippen LogP contribution in [0.1, 0.15) is 46.0 Å². The summed E-state index contributed by atoms with van der Waals surface area (Å²) in [6, 6.07) is 0.501. The molecule has 1 amide bonds. The van der Waals surface area contributed by atoms with Crippen LogP contribution in [0.2, 0.25) is 0 Å². The first-order valence-electron chi connectivity index (χ1n) is 8.93. The van der Waals surface area contributed by atoms with Crippen LogP contribution in [0.15, 0.2) is 0 Å². The number of piperidine rings is 1. The van der Waals surface area contributed by atoms with E-state index < -0.39 is 10.0 Å². The number of nitrogens with one attached hydrogen (secondary N) is 1. The Bertz CT molecular complexity index is 489. The molecule has 2 fully saturated rings. The van der Waals surface area contributed by atoms with E-state index in [2.05, 4.69) is 17.1 Å². The van der Waals surface area contributed by atoms with Gasteiger partial charge in [0, 0.05) is 25.7 Å². The van der Waals surface area contributed by atoms with Gasteiger partial charge in [-0.3, -0.25) is 4.79 Å². The molecule has 2 rings (SSSR count). The number of sulfonamides is 1. The summed E-state index contributed by atoms with van der Waals surface area (Å²) in [6.07, 6.45) is 5.06. The van der Waals surface area contributed by atoms with E-state index in [1.54, 1.807) is 6.92 Å². The Morgan fingerprint density at radius 2 is 1.91 bits per heavy atom. The lowest BCUT2D eigenvalue weighted by molar-refractivity contribution is -0.126. The van der Waals surface area contributed by atoms with E-state index in [0.717, 1.165) is 19.3 Å². The van der Waals surface area contributed by atoms with Crippen LogP contribution < -0.4 is 5.32 Å². The molecule has 0 aliphatic carbocycles. The van der Waals surface area contributed by atoms with Crippen LogP contribution in [0.3, 0.4) is 0 Å². The van der Waals surface area contributed by atoms with Gasteiger partial charge in [0.05, 0.1) is 11.7 Å². The number of rotatable bonds is 7. The predicted molar refractivity (Wildman–Crippen MR) is 91.7 cm³/mol. The molecule has 0 radical (unpaired) electrons. The third kappa shape index (κ3) is 5.16. The number of amides is 1. The molecular formula is C16H31N3O3S. The summed E-state index contributed by atoms with van der Waals surface area (Å²) in [5.74, 6) is -0.0869. The van der Waals surface area contributed by atoms with Gasteiger partial charge in [0.15, 0.2) is 0 Å². The van der Waals surface area contributed by atoms with Crippen LogP contribution in [0.5, 0.6) is 0 Å². The molecule has 0 aromatic rings. The van der Waals surface area contributed by atoms with E-state index in [4.69, 9.17) is 0 Å². The Morgan fingerprint density at radius 3 is 2.57 bits per heavy atom. The summed E-state index contributed by atoms with van der Waals surface area (Å²) in [4.78, 5) is 14.8. The zero-order chi connectivity index (χ0) is 16.9. The standard InChI is InChI=1S/C16H31N3O3S/c1-3-23(21,22)19-12-6-7-15(13-19)16(20)17-9-8-14(2)18-10-4-5-11-18/h14-15H,3-13H2,1-2H3,(H,17,20). The lowest BCUT2D eigenvalue weighted by Crippen LogP contribution is -2.46. The Morgan fingerprint density at radius 1 is 1.22 bits per heavy atom. The highest BCUT2D eigenvalue weighted by atomic mass is 32.2. The molecule has 2 aliphatic heterocycles. The number of hydrogen-bond acceptors (Lipinski definition) is 4. The van der Waals surface area contributed by atoms with Gasteiger partial charge in [-0.2, -0.15) is 0 Å². The molecule has 134 valence electrons. The molecule has 0 aromatic heterocycles. The minimum Gasteiger partial charge on any atom is -0.356 e. The van der Waals surface area contributed by atoms with Gasteiger partial charge in [0.2, 0.25) is 15.9 Å². The van der Waals surface area contributed by atoms with Crippen molar-refractivity contribution in [2.45, 2.75) is 52.0 Å². The molecule has 1 N–H and O–H groups in total. The molecular weight excluding hydrogens is 314 g/mol.